The number of hydrogen-bond acceptors (Lipinski definition) is 5. The number of halogens is 1. The molecule has 0 amide bonds. The average Bonchev–Trinajstić information content (AvgIpc) is 2.56. The Morgan fingerprint density at radius 3 is 2.42 bits per heavy atom. The van der Waals surface area contributed by atoms with Gasteiger partial charge in [-0.3, -0.25) is 15.1 Å². The van der Waals surface area contributed by atoms with Crippen molar-refractivity contribution in [1.82, 2.24) is 4.98 Å². The highest BCUT2D eigenvalue weighted by molar-refractivity contribution is 14.1. The number of aromatic carboxylic acids is 1. The number of fused-ring (bicyclic) bond motifs is 1. The second kappa shape index (κ2) is 7.68. The fourth-order valence-corrected chi connectivity index (χ4v) is 2.52. The summed E-state index contributed by atoms with van der Waals surface area (Å²) >= 11 is 1.99. The van der Waals surface area contributed by atoms with Crippen LogP contribution in [0.3, 0.4) is 0 Å². The van der Waals surface area contributed by atoms with E-state index >= 15 is 0 Å². The van der Waals surface area contributed by atoms with Crippen LogP contribution in [0.2, 0.25) is 0 Å². The quantitative estimate of drug-likeness (QED) is 0.357. The van der Waals surface area contributed by atoms with Crippen molar-refractivity contribution in [3.05, 3.63) is 74.0 Å². The van der Waals surface area contributed by atoms with Crippen LogP contribution in [0.5, 0.6) is 5.75 Å². The lowest BCUT2D eigenvalue weighted by Gasteiger charge is -1.99. The smallest absolute Gasteiger partial charge is 0.336 e. The Morgan fingerprint density at radius 2 is 1.83 bits per heavy atom. The number of aromatic hydroxyl groups is 1. The molecule has 1 heterocycles. The summed E-state index contributed by atoms with van der Waals surface area (Å²) in [4.78, 5) is 24.1. The molecule has 0 unspecified atom stereocenters. The highest BCUT2D eigenvalue weighted by Gasteiger charge is 2.15. The minimum absolute atomic E-state index is 0.252. The number of rotatable bonds is 2. The van der Waals surface area contributed by atoms with Gasteiger partial charge in [-0.1, -0.05) is 18.2 Å². The Balaban J connectivity index is 0.000000185. The van der Waals surface area contributed by atoms with Crippen molar-refractivity contribution < 1.29 is 19.9 Å². The number of phenols is 1. The number of pyridine rings is 1. The van der Waals surface area contributed by atoms with Crippen LogP contribution in [0.4, 0.5) is 5.69 Å². The molecule has 0 bridgehead atoms. The molecule has 0 aliphatic rings. The van der Waals surface area contributed by atoms with Crippen molar-refractivity contribution in [2.45, 2.75) is 0 Å². The Kier molecular flexibility index (Phi) is 5.64. The Bertz CT molecular complexity index is 914. The van der Waals surface area contributed by atoms with Crippen LogP contribution in [0.15, 0.2) is 54.7 Å². The van der Waals surface area contributed by atoms with Gasteiger partial charge in [-0.2, -0.15) is 0 Å². The van der Waals surface area contributed by atoms with Crippen LogP contribution in [0.25, 0.3) is 10.9 Å². The predicted octanol–water partition coefficient (Wildman–Crippen LogP) is 3.84. The predicted molar refractivity (Wildman–Crippen MR) is 96.2 cm³/mol. The summed E-state index contributed by atoms with van der Waals surface area (Å²) < 4.78 is 0.771. The van der Waals surface area contributed by atoms with Crippen molar-refractivity contribution in [2.75, 3.05) is 0 Å². The van der Waals surface area contributed by atoms with Crippen molar-refractivity contribution in [3.8, 4) is 5.75 Å². The molecule has 0 aliphatic carbocycles. The molecule has 0 saturated heterocycles. The number of nitrogens with zero attached hydrogens (tertiary/aromatic N) is 2. The molecule has 2 N–H and O–H groups in total. The zero-order valence-corrected chi connectivity index (χ0v) is 14.2. The molecule has 122 valence electrons. The van der Waals surface area contributed by atoms with Crippen molar-refractivity contribution in [1.29, 1.82) is 0 Å². The van der Waals surface area contributed by atoms with E-state index in [0.29, 0.717) is 10.9 Å². The third-order valence-corrected chi connectivity index (χ3v) is 3.97. The van der Waals surface area contributed by atoms with E-state index in [9.17, 15) is 20.0 Å². The van der Waals surface area contributed by atoms with Crippen LogP contribution in [0, 0.1) is 13.7 Å². The average molecular weight is 438 g/mol. The maximum absolute atomic E-state index is 10.5. The molecule has 0 saturated carbocycles. The Hall–Kier alpha value is -2.75. The highest BCUT2D eigenvalue weighted by atomic mass is 127. The molecule has 3 aromatic rings. The fourth-order valence-electron chi connectivity index (χ4n) is 1.90. The van der Waals surface area contributed by atoms with Gasteiger partial charge in [0.2, 0.25) is 5.75 Å². The highest BCUT2D eigenvalue weighted by Crippen LogP contribution is 2.32. The first-order chi connectivity index (χ1) is 11.4. The third kappa shape index (κ3) is 3.96. The summed E-state index contributed by atoms with van der Waals surface area (Å²) in [5.74, 6) is -1.25. The molecule has 1 aromatic heterocycles. The maximum Gasteiger partial charge on any atom is 0.336 e. The Labute approximate surface area is 149 Å². The summed E-state index contributed by atoms with van der Waals surface area (Å²) in [7, 11) is 0. The van der Waals surface area contributed by atoms with Crippen molar-refractivity contribution in [2.24, 2.45) is 0 Å². The second-order valence-electron chi connectivity index (χ2n) is 4.55. The van der Waals surface area contributed by atoms with Gasteiger partial charge >= 0.3 is 11.7 Å². The van der Waals surface area contributed by atoms with Crippen LogP contribution < -0.4 is 0 Å². The number of aromatic nitrogens is 1. The standard InChI is InChI=1S/C9H6N2O3.C7H5IO2/c12-9-7(11(13)14)4-3-6-2-1-5-10-8(6)9;8-6-4-2-1-3-5(6)7(9)10/h1-5,12H;1-4H,(H,9,10). The van der Waals surface area contributed by atoms with Gasteiger partial charge in [0.1, 0.15) is 5.52 Å². The number of carboxylic acids is 1. The second-order valence-corrected chi connectivity index (χ2v) is 5.71. The fraction of sp³-hybridized carbons (Fsp3) is 0. The number of nitro groups is 1. The van der Waals surface area contributed by atoms with Crippen molar-refractivity contribution >= 4 is 45.2 Å². The van der Waals surface area contributed by atoms with E-state index in [1.807, 2.05) is 28.7 Å². The first-order valence-corrected chi connectivity index (χ1v) is 7.68. The zero-order valence-electron chi connectivity index (χ0n) is 12.1. The van der Waals surface area contributed by atoms with Gasteiger partial charge in [-0.05, 0) is 46.9 Å². The van der Waals surface area contributed by atoms with Gasteiger partial charge in [0.15, 0.2) is 0 Å². The van der Waals surface area contributed by atoms with Gasteiger partial charge in [0, 0.05) is 21.2 Å². The SMILES string of the molecule is O=C(O)c1ccccc1I.O=[N+]([O-])c1ccc2cccnc2c1O. The van der Waals surface area contributed by atoms with Gasteiger partial charge in [0.25, 0.3) is 0 Å². The van der Waals surface area contributed by atoms with E-state index in [4.69, 9.17) is 5.11 Å². The molecule has 0 fully saturated rings. The lowest BCUT2D eigenvalue weighted by molar-refractivity contribution is -0.385. The molecule has 0 spiro atoms. The molecular formula is C16H11IN2O5. The van der Waals surface area contributed by atoms with Crippen LogP contribution >= 0.6 is 22.6 Å². The largest absolute Gasteiger partial charge is 0.501 e. The summed E-state index contributed by atoms with van der Waals surface area (Å²) in [6, 6.07) is 13.1. The number of carbonyl (C=O) groups is 1. The van der Waals surface area contributed by atoms with E-state index in [2.05, 4.69) is 4.98 Å². The number of nitro benzene ring substituents is 1. The van der Waals surface area contributed by atoms with Gasteiger partial charge in [-0.25, -0.2) is 4.79 Å². The molecule has 0 aliphatic heterocycles. The molecule has 8 heteroatoms. The van der Waals surface area contributed by atoms with E-state index in [1.54, 1.807) is 36.4 Å². The van der Waals surface area contributed by atoms with Gasteiger partial charge in [-0.15, -0.1) is 0 Å². The zero-order chi connectivity index (χ0) is 17.7. The summed E-state index contributed by atoms with van der Waals surface area (Å²) in [6.45, 7) is 0. The van der Waals surface area contributed by atoms with Gasteiger partial charge in [0.05, 0.1) is 10.5 Å². The number of hydrogen-bond donors (Lipinski definition) is 2. The van der Waals surface area contributed by atoms with Crippen LogP contribution in [-0.2, 0) is 0 Å². The van der Waals surface area contributed by atoms with E-state index in [-0.39, 0.29) is 17.0 Å². The summed E-state index contributed by atoms with van der Waals surface area (Å²) in [5.41, 5.74) is 0.293. The number of phenolic OH excluding ortho intramolecular Hbond substituents is 1. The minimum atomic E-state index is -0.870. The number of benzene rings is 2. The molecule has 7 nitrogen and oxygen atoms in total. The molecule has 0 atom stereocenters. The molecule has 24 heavy (non-hydrogen) atoms. The lowest BCUT2D eigenvalue weighted by Crippen LogP contribution is -1.97. The minimum Gasteiger partial charge on any atom is -0.501 e. The first-order valence-electron chi connectivity index (χ1n) is 6.60. The summed E-state index contributed by atoms with van der Waals surface area (Å²) in [6.07, 6.45) is 1.48. The number of carboxylic acid groups (broad SMARTS) is 1. The van der Waals surface area contributed by atoms with E-state index in [0.717, 1.165) is 3.57 Å². The van der Waals surface area contributed by atoms with Crippen LogP contribution in [0.1, 0.15) is 10.4 Å². The first kappa shape index (κ1) is 17.6. The maximum atomic E-state index is 10.5. The monoisotopic (exact) mass is 438 g/mol. The van der Waals surface area contributed by atoms with E-state index in [1.165, 1.54) is 12.3 Å². The third-order valence-electron chi connectivity index (χ3n) is 3.03. The Morgan fingerprint density at radius 1 is 1.12 bits per heavy atom. The van der Waals surface area contributed by atoms with E-state index < -0.39 is 10.9 Å². The molecule has 3 rings (SSSR count). The summed E-state index contributed by atoms with van der Waals surface area (Å²) in [5, 5.41) is 29.2. The topological polar surface area (TPSA) is 114 Å². The molecule has 2 aromatic carbocycles. The normalized spacial score (nSPS) is 9.88. The molecular weight excluding hydrogens is 427 g/mol. The van der Waals surface area contributed by atoms with Crippen molar-refractivity contribution in [3.63, 3.8) is 0 Å². The lowest BCUT2D eigenvalue weighted by atomic mass is 10.2. The molecule has 0 radical (unpaired) electrons. The van der Waals surface area contributed by atoms with Crippen LogP contribution in [-0.4, -0.2) is 26.1 Å². The van der Waals surface area contributed by atoms with Gasteiger partial charge < -0.3 is 10.2 Å².